The lowest BCUT2D eigenvalue weighted by molar-refractivity contribution is 0.0262. The minimum atomic E-state index is -0.347. The summed E-state index contributed by atoms with van der Waals surface area (Å²) in [5.74, 6) is 0.803. The number of benzene rings is 2. The Balaban J connectivity index is 1.58. The van der Waals surface area contributed by atoms with E-state index in [-0.39, 0.29) is 11.9 Å². The molecule has 0 aliphatic carbocycles. The lowest BCUT2D eigenvalue weighted by Gasteiger charge is -2.24. The van der Waals surface area contributed by atoms with Crippen molar-refractivity contribution < 1.29 is 13.9 Å². The number of fused-ring (bicyclic) bond motifs is 2. The Morgan fingerprint density at radius 1 is 1.14 bits per heavy atom. The maximum Gasteiger partial charge on any atom is 0.166 e. The largest absolute Gasteiger partial charge is 0.489 e. The van der Waals surface area contributed by atoms with Crippen LogP contribution < -0.4 is 10.1 Å². The van der Waals surface area contributed by atoms with Crippen LogP contribution in [0.25, 0.3) is 21.1 Å². The van der Waals surface area contributed by atoms with Gasteiger partial charge in [0.05, 0.1) is 45.5 Å². The van der Waals surface area contributed by atoms with Crippen molar-refractivity contribution in [2.75, 3.05) is 18.5 Å². The fourth-order valence-corrected chi connectivity index (χ4v) is 4.55. The molecule has 0 unspecified atom stereocenters. The van der Waals surface area contributed by atoms with Crippen LogP contribution in [0.15, 0.2) is 40.6 Å². The molecular weight excluding hydrogens is 459 g/mol. The second kappa shape index (κ2) is 7.81. The van der Waals surface area contributed by atoms with Gasteiger partial charge < -0.3 is 14.8 Å². The van der Waals surface area contributed by atoms with Crippen molar-refractivity contribution in [1.82, 2.24) is 15.0 Å². The Bertz CT molecular complexity index is 1200. The van der Waals surface area contributed by atoms with E-state index < -0.39 is 0 Å². The van der Waals surface area contributed by atoms with Crippen molar-refractivity contribution in [3.8, 4) is 5.75 Å². The monoisotopic (exact) mass is 474 g/mol. The van der Waals surface area contributed by atoms with Crippen LogP contribution in [0.2, 0.25) is 0 Å². The van der Waals surface area contributed by atoms with E-state index in [2.05, 4.69) is 36.2 Å². The van der Waals surface area contributed by atoms with E-state index in [1.54, 1.807) is 17.6 Å². The fraction of sp³-hybridized carbons (Fsp3) is 0.250. The van der Waals surface area contributed by atoms with Gasteiger partial charge in [-0.05, 0) is 24.3 Å². The van der Waals surface area contributed by atoms with E-state index in [1.807, 2.05) is 12.1 Å². The maximum absolute atomic E-state index is 14.9. The summed E-state index contributed by atoms with van der Waals surface area (Å²) in [6.45, 7) is 1.36. The fourth-order valence-electron chi connectivity index (χ4n) is 3.40. The molecule has 6 nitrogen and oxygen atoms in total. The average Bonchev–Trinajstić information content (AvgIpc) is 3.20. The standard InChI is InChI=1S/C20H16BrFN4O2S/c21-11-7-15-17(16(8-11)28-12-3-5-27-6-4-12)20(24-9-23-15)26-13-1-2-14-19(18(13)22)29-10-25-14/h1-2,7-10,12H,3-6H2,(H,23,24,26). The molecule has 9 heteroatoms. The molecular formula is C20H16BrFN4O2S. The lowest BCUT2D eigenvalue weighted by Crippen LogP contribution is -2.26. The van der Waals surface area contributed by atoms with Crippen molar-refractivity contribution in [3.05, 3.63) is 46.4 Å². The maximum atomic E-state index is 14.9. The SMILES string of the molecule is Fc1c(Nc2ncnc3cc(Br)cc(OC4CCOCC4)c23)ccc2ncsc12. The third-order valence-electron chi connectivity index (χ3n) is 4.82. The number of rotatable bonds is 4. The second-order valence-corrected chi connectivity index (χ2v) is 8.47. The summed E-state index contributed by atoms with van der Waals surface area (Å²) < 4.78 is 28.0. The number of thiazole rings is 1. The number of anilines is 2. The first-order valence-corrected chi connectivity index (χ1v) is 10.8. The third-order valence-corrected chi connectivity index (χ3v) is 6.11. The number of hydrogen-bond acceptors (Lipinski definition) is 7. The molecule has 1 fully saturated rings. The van der Waals surface area contributed by atoms with Crippen LogP contribution in [0.1, 0.15) is 12.8 Å². The molecule has 1 N–H and O–H groups in total. The van der Waals surface area contributed by atoms with E-state index in [1.165, 1.54) is 17.7 Å². The van der Waals surface area contributed by atoms with Crippen molar-refractivity contribution in [3.63, 3.8) is 0 Å². The van der Waals surface area contributed by atoms with Crippen LogP contribution in [0.3, 0.4) is 0 Å². The van der Waals surface area contributed by atoms with E-state index >= 15 is 0 Å². The summed E-state index contributed by atoms with van der Waals surface area (Å²) in [6, 6.07) is 7.25. The topological polar surface area (TPSA) is 69.2 Å². The molecule has 4 aromatic rings. The van der Waals surface area contributed by atoms with Crippen LogP contribution in [-0.2, 0) is 4.74 Å². The molecule has 0 amide bonds. The van der Waals surface area contributed by atoms with Gasteiger partial charge in [-0.2, -0.15) is 0 Å². The summed E-state index contributed by atoms with van der Waals surface area (Å²) in [7, 11) is 0. The Kier molecular flexibility index (Phi) is 5.03. The highest BCUT2D eigenvalue weighted by atomic mass is 79.9. The Labute approximate surface area is 178 Å². The van der Waals surface area contributed by atoms with Gasteiger partial charge in [0.2, 0.25) is 0 Å². The van der Waals surface area contributed by atoms with Gasteiger partial charge in [-0.25, -0.2) is 19.3 Å². The molecule has 0 bridgehead atoms. The molecule has 1 aliphatic heterocycles. The summed E-state index contributed by atoms with van der Waals surface area (Å²) in [5.41, 5.74) is 3.31. The lowest BCUT2D eigenvalue weighted by atomic mass is 10.1. The first-order chi connectivity index (χ1) is 14.2. The molecule has 3 heterocycles. The zero-order valence-electron chi connectivity index (χ0n) is 15.2. The Hall–Kier alpha value is -2.36. The van der Waals surface area contributed by atoms with Gasteiger partial charge in [-0.3, -0.25) is 0 Å². The third kappa shape index (κ3) is 3.65. The predicted molar refractivity (Wildman–Crippen MR) is 115 cm³/mol. The second-order valence-electron chi connectivity index (χ2n) is 6.70. The molecule has 1 saturated heterocycles. The molecule has 0 saturated carbocycles. The van der Waals surface area contributed by atoms with E-state index in [0.717, 1.165) is 17.3 Å². The normalized spacial score (nSPS) is 15.1. The van der Waals surface area contributed by atoms with E-state index in [0.29, 0.717) is 51.6 Å². The van der Waals surface area contributed by atoms with Crippen LogP contribution in [-0.4, -0.2) is 34.3 Å². The van der Waals surface area contributed by atoms with Gasteiger partial charge in [-0.15, -0.1) is 11.3 Å². The number of nitrogens with zero attached hydrogens (tertiary/aromatic N) is 3. The zero-order chi connectivity index (χ0) is 19.8. The highest BCUT2D eigenvalue weighted by Crippen LogP contribution is 2.37. The van der Waals surface area contributed by atoms with Gasteiger partial charge in [-0.1, -0.05) is 15.9 Å². The molecule has 2 aromatic carbocycles. The molecule has 29 heavy (non-hydrogen) atoms. The van der Waals surface area contributed by atoms with Gasteiger partial charge in [0.25, 0.3) is 0 Å². The van der Waals surface area contributed by atoms with Gasteiger partial charge in [0, 0.05) is 17.3 Å². The van der Waals surface area contributed by atoms with Gasteiger partial charge in [0.1, 0.15) is 24.0 Å². The number of ether oxygens (including phenoxy) is 2. The summed E-state index contributed by atoms with van der Waals surface area (Å²) in [5, 5.41) is 3.84. The molecule has 148 valence electrons. The van der Waals surface area contributed by atoms with Crippen molar-refractivity contribution in [1.29, 1.82) is 0 Å². The quantitative estimate of drug-likeness (QED) is 0.424. The van der Waals surface area contributed by atoms with Crippen LogP contribution in [0, 0.1) is 5.82 Å². The number of nitrogens with one attached hydrogen (secondary N) is 1. The Morgan fingerprint density at radius 2 is 2.00 bits per heavy atom. The number of hydrogen-bond donors (Lipinski definition) is 1. The zero-order valence-corrected chi connectivity index (χ0v) is 17.6. The highest BCUT2D eigenvalue weighted by molar-refractivity contribution is 9.10. The van der Waals surface area contributed by atoms with E-state index in [4.69, 9.17) is 9.47 Å². The summed E-state index contributed by atoms with van der Waals surface area (Å²) in [6.07, 6.45) is 3.15. The van der Waals surface area contributed by atoms with E-state index in [9.17, 15) is 4.39 Å². The minimum absolute atomic E-state index is 0.0552. The summed E-state index contributed by atoms with van der Waals surface area (Å²) >= 11 is 4.79. The molecule has 2 aromatic heterocycles. The van der Waals surface area contributed by atoms with Gasteiger partial charge in [0.15, 0.2) is 5.82 Å². The first-order valence-electron chi connectivity index (χ1n) is 9.16. The van der Waals surface area contributed by atoms with Gasteiger partial charge >= 0.3 is 0 Å². The Morgan fingerprint density at radius 3 is 2.86 bits per heavy atom. The molecule has 0 radical (unpaired) electrons. The van der Waals surface area contributed by atoms with Crippen molar-refractivity contribution in [2.24, 2.45) is 0 Å². The molecule has 0 atom stereocenters. The van der Waals surface area contributed by atoms with Crippen molar-refractivity contribution in [2.45, 2.75) is 18.9 Å². The number of halogens is 2. The van der Waals surface area contributed by atoms with Crippen LogP contribution >= 0.6 is 27.3 Å². The van der Waals surface area contributed by atoms with Crippen LogP contribution in [0.4, 0.5) is 15.9 Å². The molecule has 5 rings (SSSR count). The first kappa shape index (κ1) is 18.7. The summed E-state index contributed by atoms with van der Waals surface area (Å²) in [4.78, 5) is 12.9. The highest BCUT2D eigenvalue weighted by Gasteiger charge is 2.20. The average molecular weight is 475 g/mol. The minimum Gasteiger partial charge on any atom is -0.489 e. The number of aromatic nitrogens is 3. The van der Waals surface area contributed by atoms with Crippen molar-refractivity contribution >= 4 is 59.9 Å². The molecule has 0 spiro atoms. The van der Waals surface area contributed by atoms with Crippen LogP contribution in [0.5, 0.6) is 5.75 Å². The molecule has 1 aliphatic rings. The smallest absolute Gasteiger partial charge is 0.166 e. The predicted octanol–water partition coefficient (Wildman–Crippen LogP) is 5.44.